The number of anilines is 2. The number of hydrogen-bond donors (Lipinski definition) is 1. The van der Waals surface area contributed by atoms with Crippen LogP contribution in [0.4, 0.5) is 11.4 Å². The summed E-state index contributed by atoms with van der Waals surface area (Å²) in [6.45, 7) is 3.21. The summed E-state index contributed by atoms with van der Waals surface area (Å²) in [6.07, 6.45) is 0.208. The largest absolute Gasteiger partial charge is 0.360 e. The summed E-state index contributed by atoms with van der Waals surface area (Å²) in [7, 11) is 0. The Bertz CT molecular complexity index is 891. The zero-order valence-electron chi connectivity index (χ0n) is 15.0. The summed E-state index contributed by atoms with van der Waals surface area (Å²) in [5.74, 6) is -0.390. The van der Waals surface area contributed by atoms with Crippen LogP contribution < -0.4 is 14.7 Å². The molecule has 0 aliphatic carbocycles. The maximum atomic E-state index is 13.0. The van der Waals surface area contributed by atoms with Crippen molar-refractivity contribution in [1.82, 2.24) is 0 Å². The number of hydrogen-bond acceptors (Lipinski definition) is 3. The lowest BCUT2D eigenvalue weighted by Gasteiger charge is -2.35. The highest BCUT2D eigenvalue weighted by Gasteiger charge is 2.46. The van der Waals surface area contributed by atoms with Gasteiger partial charge in [-0.25, -0.2) is 4.90 Å². The molecule has 8 heteroatoms. The fourth-order valence-electron chi connectivity index (χ4n) is 3.94. The number of carbonyl (C=O) groups excluding carboxylic acids is 2. The molecule has 0 radical (unpaired) electrons. The molecule has 2 fully saturated rings. The topological polar surface area (TPSA) is 45.1 Å². The minimum absolute atomic E-state index is 0.182. The Morgan fingerprint density at radius 2 is 1.43 bits per heavy atom. The van der Waals surface area contributed by atoms with Crippen LogP contribution in [0, 0.1) is 0 Å². The van der Waals surface area contributed by atoms with Crippen LogP contribution in [-0.2, 0) is 9.59 Å². The molecule has 2 aromatic rings. The average molecular weight is 440 g/mol. The summed E-state index contributed by atoms with van der Waals surface area (Å²) >= 11 is 18.0. The van der Waals surface area contributed by atoms with Crippen molar-refractivity contribution < 1.29 is 14.5 Å². The predicted molar refractivity (Wildman–Crippen MR) is 112 cm³/mol. The zero-order chi connectivity index (χ0) is 19.8. The van der Waals surface area contributed by atoms with Gasteiger partial charge in [-0.15, -0.1) is 0 Å². The van der Waals surface area contributed by atoms with Gasteiger partial charge < -0.3 is 9.80 Å². The van der Waals surface area contributed by atoms with E-state index in [2.05, 4.69) is 4.90 Å². The molecule has 0 unspecified atom stereocenters. The van der Waals surface area contributed by atoms with Crippen LogP contribution in [-0.4, -0.2) is 44.0 Å². The number of nitrogens with one attached hydrogen (secondary N) is 1. The lowest BCUT2D eigenvalue weighted by atomic mass is 10.1. The Labute approximate surface area is 178 Å². The minimum atomic E-state index is -0.363. The van der Waals surface area contributed by atoms with E-state index < -0.39 is 0 Å². The molecule has 2 aromatic carbocycles. The molecule has 28 heavy (non-hydrogen) atoms. The first-order chi connectivity index (χ1) is 13.4. The predicted octanol–water partition coefficient (Wildman–Crippen LogP) is 2.68. The van der Waals surface area contributed by atoms with E-state index in [9.17, 15) is 9.59 Å². The van der Waals surface area contributed by atoms with E-state index in [1.165, 1.54) is 4.90 Å². The van der Waals surface area contributed by atoms with Gasteiger partial charge in [0.15, 0.2) is 6.04 Å². The van der Waals surface area contributed by atoms with E-state index in [1.54, 1.807) is 18.2 Å². The molecule has 2 saturated heterocycles. The van der Waals surface area contributed by atoms with Gasteiger partial charge in [-0.3, -0.25) is 9.59 Å². The Hall–Kier alpha value is -1.79. The number of benzene rings is 2. The number of amides is 2. The smallest absolute Gasteiger partial charge is 0.292 e. The van der Waals surface area contributed by atoms with Gasteiger partial charge in [0.25, 0.3) is 5.91 Å². The second kappa shape index (κ2) is 7.91. The molecule has 1 atom stereocenters. The highest BCUT2D eigenvalue weighted by atomic mass is 35.5. The maximum Gasteiger partial charge on any atom is 0.292 e. The lowest BCUT2D eigenvalue weighted by Crippen LogP contribution is -3.19. The van der Waals surface area contributed by atoms with Crippen molar-refractivity contribution in [2.24, 2.45) is 0 Å². The maximum absolute atomic E-state index is 13.0. The van der Waals surface area contributed by atoms with Crippen LogP contribution in [0.1, 0.15) is 6.42 Å². The molecule has 4 rings (SSSR count). The van der Waals surface area contributed by atoms with E-state index in [4.69, 9.17) is 34.8 Å². The standard InChI is InChI=1S/C20H18Cl3N3O2/c21-13-1-3-16(4-2-13)24-5-7-25(8-6-24)18-12-19(27)26(20(18)28)17-10-14(22)9-15(23)11-17/h1-4,9-11,18H,5-8,12H2/p+1/t18-/m1/s1. The second-order valence-corrected chi connectivity index (χ2v) is 8.38. The number of quaternary nitrogens is 1. The molecule has 2 aliphatic rings. The minimum Gasteiger partial charge on any atom is -0.360 e. The number of nitrogens with zero attached hydrogens (tertiary/aromatic N) is 2. The van der Waals surface area contributed by atoms with Crippen molar-refractivity contribution in [3.63, 3.8) is 0 Å². The zero-order valence-corrected chi connectivity index (χ0v) is 17.3. The molecular weight excluding hydrogens is 421 g/mol. The van der Waals surface area contributed by atoms with Crippen molar-refractivity contribution in [3.8, 4) is 0 Å². The third-order valence-corrected chi connectivity index (χ3v) is 6.03. The lowest BCUT2D eigenvalue weighted by molar-refractivity contribution is -0.915. The Morgan fingerprint density at radius 3 is 2.04 bits per heavy atom. The highest BCUT2D eigenvalue weighted by Crippen LogP contribution is 2.29. The molecule has 1 N–H and O–H groups in total. The van der Waals surface area contributed by atoms with Gasteiger partial charge in [0.05, 0.1) is 38.3 Å². The van der Waals surface area contributed by atoms with Crippen molar-refractivity contribution in [2.75, 3.05) is 36.0 Å². The van der Waals surface area contributed by atoms with E-state index in [0.29, 0.717) is 20.8 Å². The van der Waals surface area contributed by atoms with Crippen molar-refractivity contribution in [3.05, 3.63) is 57.5 Å². The molecule has 2 heterocycles. The van der Waals surface area contributed by atoms with Crippen LogP contribution in [0.15, 0.2) is 42.5 Å². The van der Waals surface area contributed by atoms with Crippen molar-refractivity contribution in [2.45, 2.75) is 12.5 Å². The number of rotatable bonds is 3. The third kappa shape index (κ3) is 3.85. The summed E-state index contributed by atoms with van der Waals surface area (Å²) < 4.78 is 0. The Balaban J connectivity index is 1.45. The number of carbonyl (C=O) groups is 2. The quantitative estimate of drug-likeness (QED) is 0.748. The molecule has 2 amide bonds. The molecule has 5 nitrogen and oxygen atoms in total. The van der Waals surface area contributed by atoms with Crippen LogP contribution in [0.2, 0.25) is 15.1 Å². The van der Waals surface area contributed by atoms with E-state index >= 15 is 0 Å². The molecule has 0 spiro atoms. The average Bonchev–Trinajstić information content (AvgIpc) is 2.96. The second-order valence-electron chi connectivity index (χ2n) is 7.07. The summed E-state index contributed by atoms with van der Waals surface area (Å²) in [5.41, 5.74) is 1.56. The van der Waals surface area contributed by atoms with Gasteiger partial charge in [-0.1, -0.05) is 34.8 Å². The van der Waals surface area contributed by atoms with Gasteiger partial charge in [0.1, 0.15) is 0 Å². The first kappa shape index (κ1) is 19.5. The van der Waals surface area contributed by atoms with E-state index in [0.717, 1.165) is 36.8 Å². The number of halogens is 3. The highest BCUT2D eigenvalue weighted by molar-refractivity contribution is 6.35. The van der Waals surface area contributed by atoms with Crippen molar-refractivity contribution in [1.29, 1.82) is 0 Å². The summed E-state index contributed by atoms with van der Waals surface area (Å²) in [5, 5.41) is 1.51. The van der Waals surface area contributed by atoms with E-state index in [1.807, 2.05) is 24.3 Å². The van der Waals surface area contributed by atoms with Crippen LogP contribution in [0.3, 0.4) is 0 Å². The monoisotopic (exact) mass is 438 g/mol. The summed E-state index contributed by atoms with van der Waals surface area (Å²) in [4.78, 5) is 30.2. The SMILES string of the molecule is O=C1C[C@@H]([NH+]2CCN(c3ccc(Cl)cc3)CC2)C(=O)N1c1cc(Cl)cc(Cl)c1. The first-order valence-electron chi connectivity index (χ1n) is 9.10. The third-order valence-electron chi connectivity index (χ3n) is 5.34. The molecule has 0 aromatic heterocycles. The van der Waals surface area contributed by atoms with Gasteiger partial charge in [-0.05, 0) is 42.5 Å². The fraction of sp³-hybridized carbons (Fsp3) is 0.300. The van der Waals surface area contributed by atoms with Crippen LogP contribution in [0.5, 0.6) is 0 Å². The van der Waals surface area contributed by atoms with Crippen LogP contribution >= 0.6 is 34.8 Å². The first-order valence-corrected chi connectivity index (χ1v) is 10.2. The number of piperazine rings is 1. The number of imide groups is 1. The Morgan fingerprint density at radius 1 is 0.821 bits per heavy atom. The van der Waals surface area contributed by atoms with Gasteiger partial charge in [-0.2, -0.15) is 0 Å². The summed E-state index contributed by atoms with van der Waals surface area (Å²) in [6, 6.07) is 12.2. The van der Waals surface area contributed by atoms with Crippen LogP contribution in [0.25, 0.3) is 0 Å². The molecular formula is C20H19Cl3N3O2+. The fourth-order valence-corrected chi connectivity index (χ4v) is 4.58. The molecule has 0 bridgehead atoms. The van der Waals surface area contributed by atoms with E-state index in [-0.39, 0.29) is 24.3 Å². The normalized spacial score (nSPS) is 20.9. The molecule has 146 valence electrons. The van der Waals surface area contributed by atoms with Gasteiger partial charge in [0, 0.05) is 20.8 Å². The van der Waals surface area contributed by atoms with Gasteiger partial charge in [0.2, 0.25) is 5.91 Å². The molecule has 0 saturated carbocycles. The van der Waals surface area contributed by atoms with Gasteiger partial charge >= 0.3 is 0 Å². The molecule has 2 aliphatic heterocycles. The Kier molecular flexibility index (Phi) is 5.52. The van der Waals surface area contributed by atoms with Crippen molar-refractivity contribution >= 4 is 58.0 Å².